The Morgan fingerprint density at radius 2 is 1.90 bits per heavy atom. The van der Waals surface area contributed by atoms with Gasteiger partial charge in [0, 0.05) is 33.7 Å². The van der Waals surface area contributed by atoms with Gasteiger partial charge in [-0.25, -0.2) is 0 Å². The number of non-ortho nitro benzene ring substituents is 1. The number of nitro benzene ring substituents is 1. The molecule has 13 heteroatoms. The number of thioether (sulfide) groups is 1. The van der Waals surface area contributed by atoms with Crippen molar-refractivity contribution in [3.8, 4) is 5.75 Å². The number of amides is 2. The number of nitrogens with one attached hydrogen (secondary N) is 1. The molecule has 2 bridgehead atoms. The van der Waals surface area contributed by atoms with Crippen LogP contribution in [-0.2, 0) is 21.0 Å². The highest BCUT2D eigenvalue weighted by Crippen LogP contribution is 2.69. The highest BCUT2D eigenvalue weighted by atomic mass is 32.2. The zero-order chi connectivity index (χ0) is 29.4. The van der Waals surface area contributed by atoms with Gasteiger partial charge in [0.15, 0.2) is 0 Å². The summed E-state index contributed by atoms with van der Waals surface area (Å²) < 4.78 is 6.29. The Bertz CT molecular complexity index is 1730. The minimum absolute atomic E-state index is 0.118. The van der Waals surface area contributed by atoms with E-state index < -0.39 is 47.0 Å². The first-order valence-electron chi connectivity index (χ1n) is 13.6. The summed E-state index contributed by atoms with van der Waals surface area (Å²) in [6.07, 6.45) is 0.611. The topological polar surface area (TPSA) is 160 Å². The Labute approximate surface area is 247 Å². The van der Waals surface area contributed by atoms with E-state index in [0.29, 0.717) is 22.8 Å². The molecule has 3 heterocycles. The van der Waals surface area contributed by atoms with Gasteiger partial charge < -0.3 is 14.8 Å². The van der Waals surface area contributed by atoms with Crippen LogP contribution in [0.4, 0.5) is 5.69 Å². The van der Waals surface area contributed by atoms with E-state index in [1.165, 1.54) is 23.9 Å². The maximum absolute atomic E-state index is 13.5. The van der Waals surface area contributed by atoms with Gasteiger partial charge in [-0.1, -0.05) is 41.2 Å². The summed E-state index contributed by atoms with van der Waals surface area (Å²) >= 11 is 2.53. The molecule has 2 aromatic carbocycles. The summed E-state index contributed by atoms with van der Waals surface area (Å²) in [7, 11) is 0. The quantitative estimate of drug-likeness (QED) is 0.231. The number of carboxylic acid groups (broad SMARTS) is 1. The largest absolute Gasteiger partial charge is 0.489 e. The minimum atomic E-state index is -1.25. The van der Waals surface area contributed by atoms with E-state index in [4.69, 9.17) is 4.74 Å². The van der Waals surface area contributed by atoms with E-state index >= 15 is 0 Å². The number of H-pyrrole nitrogens is 1. The van der Waals surface area contributed by atoms with E-state index in [9.17, 15) is 34.4 Å². The molecule has 3 aromatic rings. The second-order valence-electron chi connectivity index (χ2n) is 11.4. The third-order valence-corrected chi connectivity index (χ3v) is 11.7. The number of carbonyl (C=O) groups excluding carboxylic acids is 2. The number of carboxylic acids is 1. The molecule has 2 N–H and O–H groups in total. The maximum Gasteiger partial charge on any atom is 0.323 e. The Balaban J connectivity index is 1.33. The monoisotopic (exact) mass is 607 g/mol. The number of rotatable bonds is 7. The number of benzene rings is 2. The molecule has 3 fully saturated rings. The van der Waals surface area contributed by atoms with Crippen LogP contribution in [0.3, 0.4) is 0 Å². The van der Waals surface area contributed by atoms with Crippen LogP contribution in [0.2, 0.25) is 0 Å². The van der Waals surface area contributed by atoms with Gasteiger partial charge in [-0.2, -0.15) is 0 Å². The molecule has 0 radical (unpaired) electrons. The standard InChI is InChI=1S/C29H25N3O8S2/c1-12-3-2-4-13(7-12)11-40-18-6-5-14(32(38)39)8-15(18)20-21-16-9-17(24(21)41-26-25(20)42-29(37)30-26)23-22(16)27(35)31(28(23)36)10-19(33)34/h2-8,16-17,20-24H,9-11H2,1H3,(H,30,37)(H,33,34)/t16?,17?,20-,21?,22?,23?,24?/m1/s1. The van der Waals surface area contributed by atoms with Crippen molar-refractivity contribution >= 4 is 46.6 Å². The lowest BCUT2D eigenvalue weighted by molar-refractivity contribution is -0.385. The first-order valence-corrected chi connectivity index (χ1v) is 15.3. The molecule has 7 rings (SSSR count). The summed E-state index contributed by atoms with van der Waals surface area (Å²) in [5.41, 5.74) is 2.44. The van der Waals surface area contributed by atoms with Crippen molar-refractivity contribution < 1.29 is 29.2 Å². The number of aryl methyl sites for hydroxylation is 1. The number of carbonyl (C=O) groups is 3. The predicted octanol–water partition coefficient (Wildman–Crippen LogP) is 3.79. The number of nitrogens with zero attached hydrogens (tertiary/aromatic N) is 2. The molecule has 2 saturated carbocycles. The molecule has 11 nitrogen and oxygen atoms in total. The van der Waals surface area contributed by atoms with Gasteiger partial charge in [0.05, 0.1) is 21.8 Å². The normalized spacial score (nSPS) is 28.9. The van der Waals surface area contributed by atoms with Crippen molar-refractivity contribution in [1.82, 2.24) is 9.88 Å². The van der Waals surface area contributed by atoms with Crippen molar-refractivity contribution in [3.63, 3.8) is 0 Å². The summed E-state index contributed by atoms with van der Waals surface area (Å²) in [5.74, 6) is -4.14. The molecule has 4 aliphatic rings. The lowest BCUT2D eigenvalue weighted by atomic mass is 9.68. The van der Waals surface area contributed by atoms with Crippen LogP contribution in [0.5, 0.6) is 5.75 Å². The average molecular weight is 608 g/mol. The summed E-state index contributed by atoms with van der Waals surface area (Å²) in [6.45, 7) is 1.54. The van der Waals surface area contributed by atoms with E-state index in [-0.39, 0.29) is 40.2 Å². The third-order valence-electron chi connectivity index (χ3n) is 9.12. The van der Waals surface area contributed by atoms with Crippen LogP contribution >= 0.6 is 23.1 Å². The number of likely N-dealkylation sites (tertiary alicyclic amines) is 1. The number of thiazole rings is 1. The van der Waals surface area contributed by atoms with Crippen LogP contribution < -0.4 is 9.61 Å². The molecule has 42 heavy (non-hydrogen) atoms. The van der Waals surface area contributed by atoms with Gasteiger partial charge in [0.2, 0.25) is 11.8 Å². The van der Waals surface area contributed by atoms with Gasteiger partial charge in [-0.3, -0.25) is 34.2 Å². The molecule has 2 aliphatic carbocycles. The summed E-state index contributed by atoms with van der Waals surface area (Å²) in [5, 5.41) is 21.7. The smallest absolute Gasteiger partial charge is 0.323 e. The van der Waals surface area contributed by atoms with E-state index in [0.717, 1.165) is 32.2 Å². The van der Waals surface area contributed by atoms with Gasteiger partial charge in [-0.15, -0.1) is 11.8 Å². The van der Waals surface area contributed by atoms with Gasteiger partial charge in [0.25, 0.3) is 5.69 Å². The lowest BCUT2D eigenvalue weighted by Crippen LogP contribution is -2.42. The SMILES string of the molecule is Cc1cccc(COc2ccc([N+](=O)[O-])cc2[C@H]2c3sc(=O)[nH]c3SC3C4CC(C5C(=O)N(CC(=O)O)C(=O)C45)C32)c1. The number of aromatic nitrogens is 1. The highest BCUT2D eigenvalue weighted by molar-refractivity contribution is 8.00. The maximum atomic E-state index is 13.5. The lowest BCUT2D eigenvalue weighted by Gasteiger charge is -2.43. The fraction of sp³-hybridized carbons (Fsp3) is 0.379. The Morgan fingerprint density at radius 1 is 1.14 bits per heavy atom. The summed E-state index contributed by atoms with van der Waals surface area (Å²) in [4.78, 5) is 66.5. The average Bonchev–Trinajstić information content (AvgIpc) is 3.67. The molecule has 216 valence electrons. The first-order chi connectivity index (χ1) is 20.1. The zero-order valence-corrected chi connectivity index (χ0v) is 23.9. The Morgan fingerprint density at radius 3 is 2.62 bits per heavy atom. The minimum Gasteiger partial charge on any atom is -0.489 e. The number of hydrogen-bond acceptors (Lipinski definition) is 9. The molecular weight excluding hydrogens is 582 g/mol. The summed E-state index contributed by atoms with van der Waals surface area (Å²) in [6, 6.07) is 12.3. The number of aromatic amines is 1. The molecule has 2 amide bonds. The molecule has 1 aromatic heterocycles. The van der Waals surface area contributed by atoms with Crippen LogP contribution in [0.1, 0.15) is 33.9 Å². The highest BCUT2D eigenvalue weighted by Gasteiger charge is 2.69. The van der Waals surface area contributed by atoms with Crippen LogP contribution in [0.15, 0.2) is 52.3 Å². The van der Waals surface area contributed by atoms with Crippen molar-refractivity contribution in [2.75, 3.05) is 6.54 Å². The molecule has 2 aliphatic heterocycles. The fourth-order valence-corrected chi connectivity index (χ4v) is 10.6. The predicted molar refractivity (Wildman–Crippen MR) is 151 cm³/mol. The zero-order valence-electron chi connectivity index (χ0n) is 22.2. The fourth-order valence-electron chi connectivity index (χ4n) is 7.70. The second kappa shape index (κ2) is 9.80. The van der Waals surface area contributed by atoms with Crippen LogP contribution in [0, 0.1) is 46.6 Å². The van der Waals surface area contributed by atoms with Crippen LogP contribution in [0.25, 0.3) is 0 Å². The third kappa shape index (κ3) is 4.09. The van der Waals surface area contributed by atoms with Gasteiger partial charge in [-0.05, 0) is 42.7 Å². The van der Waals surface area contributed by atoms with E-state index in [2.05, 4.69) is 4.98 Å². The van der Waals surface area contributed by atoms with E-state index in [1.807, 2.05) is 31.2 Å². The molecule has 0 spiro atoms. The van der Waals surface area contributed by atoms with Crippen molar-refractivity contribution in [1.29, 1.82) is 0 Å². The van der Waals surface area contributed by atoms with Gasteiger partial charge >= 0.3 is 10.8 Å². The number of aliphatic carboxylic acids is 1. The van der Waals surface area contributed by atoms with Crippen molar-refractivity contribution in [3.05, 3.63) is 83.8 Å². The second-order valence-corrected chi connectivity index (χ2v) is 13.6. The van der Waals surface area contributed by atoms with E-state index in [1.54, 1.807) is 6.07 Å². The van der Waals surface area contributed by atoms with Crippen LogP contribution in [-0.4, -0.2) is 49.5 Å². The Hall–Kier alpha value is -3.97. The number of imide groups is 1. The number of nitro groups is 1. The molecule has 1 saturated heterocycles. The number of fused-ring (bicyclic) bond motifs is 9. The number of hydrogen-bond donors (Lipinski definition) is 2. The molecular formula is C29H25N3O8S2. The molecule has 6 unspecified atom stereocenters. The van der Waals surface area contributed by atoms with Gasteiger partial charge in [0.1, 0.15) is 18.9 Å². The van der Waals surface area contributed by atoms with Crippen molar-refractivity contribution in [2.45, 2.75) is 36.1 Å². The number of ether oxygens (including phenoxy) is 1. The molecule has 7 atom stereocenters. The van der Waals surface area contributed by atoms with Crippen molar-refractivity contribution in [2.24, 2.45) is 29.6 Å². The first kappa shape index (κ1) is 26.9. The Kier molecular flexibility index (Phi) is 6.28.